The van der Waals surface area contributed by atoms with Crippen LogP contribution in [0.5, 0.6) is 0 Å². The molecule has 0 amide bonds. The smallest absolute Gasteiger partial charge is 0.164 e. The van der Waals surface area contributed by atoms with Gasteiger partial charge in [-0.05, 0) is 70.8 Å². The summed E-state index contributed by atoms with van der Waals surface area (Å²) in [5.41, 5.74) is 9.83. The van der Waals surface area contributed by atoms with Gasteiger partial charge in [0.05, 0.1) is 10.2 Å². The number of rotatable bonds is 6. The van der Waals surface area contributed by atoms with Crippen LogP contribution >= 0.6 is 34.0 Å². The Morgan fingerprint density at radius 3 is 1.64 bits per heavy atom. The third-order valence-electron chi connectivity index (χ3n) is 11.0. The number of fused-ring (bicyclic) bond motifs is 7. The molecule has 12 aromatic rings. The highest BCUT2D eigenvalue weighted by Gasteiger charge is 2.17. The summed E-state index contributed by atoms with van der Waals surface area (Å²) in [4.78, 5) is 20.2. The van der Waals surface area contributed by atoms with Crippen LogP contribution in [0.4, 0.5) is 0 Å². The highest BCUT2D eigenvalue weighted by Crippen LogP contribution is 2.43. The molecule has 0 spiro atoms. The fourth-order valence-electron chi connectivity index (χ4n) is 8.03. The van der Waals surface area contributed by atoms with E-state index in [1.54, 1.807) is 11.3 Å². The highest BCUT2D eigenvalue weighted by molar-refractivity contribution is 7.26. The van der Waals surface area contributed by atoms with Gasteiger partial charge in [-0.1, -0.05) is 133 Å². The second-order valence-electron chi connectivity index (χ2n) is 14.6. The third-order valence-corrected chi connectivity index (χ3v) is 14.4. The molecule has 8 aromatic carbocycles. The van der Waals surface area contributed by atoms with Crippen LogP contribution in [0, 0.1) is 0 Å². The number of hydrogen-bond donors (Lipinski definition) is 0. The highest BCUT2D eigenvalue weighted by atomic mass is 32.1. The first-order valence-corrected chi connectivity index (χ1v) is 21.9. The number of benzene rings is 8. The number of thiazole rings is 1. The van der Waals surface area contributed by atoms with Crippen LogP contribution in [-0.4, -0.2) is 19.9 Å². The number of thiophene rings is 2. The van der Waals surface area contributed by atoms with Crippen LogP contribution in [-0.2, 0) is 0 Å². The lowest BCUT2D eigenvalue weighted by Gasteiger charge is -2.10. The van der Waals surface area contributed by atoms with E-state index in [1.807, 2.05) is 40.9 Å². The van der Waals surface area contributed by atoms with Crippen LogP contribution in [0.15, 0.2) is 182 Å². The van der Waals surface area contributed by atoms with Crippen molar-refractivity contribution in [2.24, 2.45) is 0 Å². The van der Waals surface area contributed by atoms with Crippen molar-refractivity contribution in [1.29, 1.82) is 0 Å². The Hall–Kier alpha value is -6.90. The molecule has 4 heterocycles. The maximum Gasteiger partial charge on any atom is 0.164 e. The van der Waals surface area contributed by atoms with Crippen molar-refractivity contribution < 1.29 is 0 Å². The molecule has 4 aromatic heterocycles. The summed E-state index contributed by atoms with van der Waals surface area (Å²) in [5.74, 6) is 1.96. The van der Waals surface area contributed by atoms with Gasteiger partial charge in [-0.25, -0.2) is 19.9 Å². The molecule has 0 saturated carbocycles. The summed E-state index contributed by atoms with van der Waals surface area (Å²) in [5, 5.41) is 6.02. The zero-order valence-electron chi connectivity index (χ0n) is 31.3. The normalized spacial score (nSPS) is 11.7. The Morgan fingerprint density at radius 1 is 0.288 bits per heavy atom. The number of hydrogen-bond acceptors (Lipinski definition) is 7. The van der Waals surface area contributed by atoms with E-state index < -0.39 is 0 Å². The quantitative estimate of drug-likeness (QED) is 0.168. The van der Waals surface area contributed by atoms with E-state index in [9.17, 15) is 0 Å². The fourth-order valence-corrected chi connectivity index (χ4v) is 11.3. The molecule has 0 saturated heterocycles. The summed E-state index contributed by atoms with van der Waals surface area (Å²) in [7, 11) is 0. The van der Waals surface area contributed by atoms with E-state index in [0.29, 0.717) is 17.5 Å². The Morgan fingerprint density at radius 2 is 0.847 bits per heavy atom. The van der Waals surface area contributed by atoms with Gasteiger partial charge < -0.3 is 0 Å². The molecule has 0 aliphatic carbocycles. The molecule has 4 nitrogen and oxygen atoms in total. The minimum Gasteiger partial charge on any atom is -0.236 e. The predicted octanol–water partition coefficient (Wildman–Crippen LogP) is 15.2. The van der Waals surface area contributed by atoms with Gasteiger partial charge in [0.1, 0.15) is 5.01 Å². The van der Waals surface area contributed by atoms with Crippen molar-refractivity contribution in [3.8, 4) is 67.0 Å². The molecule has 0 aliphatic heterocycles. The zero-order valence-corrected chi connectivity index (χ0v) is 33.8. The fraction of sp³-hybridized carbons (Fsp3) is 0. The Balaban J connectivity index is 0.904. The standard InChI is InChI=1S/C52H30N4S3/c1-3-10-31(11-4-1)35-22-25-43-47(30-35)59-52(53-43)37-24-27-46-42(29-37)40-16-9-15-38(48(40)58-46)32-18-20-34(21-19-32)50-54-49(33-12-5-2-6-13-33)55-51(56-50)36-23-26-45-41(28-36)39-14-7-8-17-44(39)57-45/h1-30H. The SMILES string of the molecule is c1ccc(-c2ccc3nc(-c4ccc5sc6c(-c7ccc(-c8nc(-c9ccccc9)nc(-c9ccc%10sc%11ccccc%11c%10c9)n8)cc7)cccc6c5c4)sc3c2)cc1. The summed E-state index contributed by atoms with van der Waals surface area (Å²) in [6, 6.07) is 64.5. The molecule has 0 atom stereocenters. The van der Waals surface area contributed by atoms with Gasteiger partial charge >= 0.3 is 0 Å². The van der Waals surface area contributed by atoms with Crippen LogP contribution in [0.25, 0.3) is 118 Å². The molecule has 7 heteroatoms. The molecular formula is C52H30N4S3. The first-order chi connectivity index (χ1) is 29.2. The van der Waals surface area contributed by atoms with Gasteiger partial charge in [0.15, 0.2) is 17.5 Å². The lowest BCUT2D eigenvalue weighted by atomic mass is 10.0. The summed E-state index contributed by atoms with van der Waals surface area (Å²) >= 11 is 5.41. The van der Waals surface area contributed by atoms with Gasteiger partial charge in [-0.3, -0.25) is 0 Å². The molecule has 0 radical (unpaired) electrons. The van der Waals surface area contributed by atoms with Crippen LogP contribution in [0.1, 0.15) is 0 Å². The number of aromatic nitrogens is 4. The molecule has 276 valence electrons. The molecule has 0 N–H and O–H groups in total. The van der Waals surface area contributed by atoms with Crippen molar-refractivity contribution >= 4 is 84.6 Å². The van der Waals surface area contributed by atoms with Crippen molar-refractivity contribution in [2.75, 3.05) is 0 Å². The monoisotopic (exact) mass is 806 g/mol. The largest absolute Gasteiger partial charge is 0.236 e. The maximum absolute atomic E-state index is 5.10. The molecular weight excluding hydrogens is 777 g/mol. The number of nitrogens with zero attached hydrogens (tertiary/aromatic N) is 4. The summed E-state index contributed by atoms with van der Waals surface area (Å²) < 4.78 is 6.26. The van der Waals surface area contributed by atoms with E-state index in [-0.39, 0.29) is 0 Å². The van der Waals surface area contributed by atoms with Crippen LogP contribution in [0.2, 0.25) is 0 Å². The summed E-state index contributed by atoms with van der Waals surface area (Å²) in [6.45, 7) is 0. The molecule has 12 rings (SSSR count). The second-order valence-corrected chi connectivity index (χ2v) is 17.8. The van der Waals surface area contributed by atoms with E-state index in [0.717, 1.165) is 38.3 Å². The Labute approximate surface area is 351 Å². The molecule has 0 bridgehead atoms. The minimum absolute atomic E-state index is 0.648. The predicted molar refractivity (Wildman–Crippen MR) is 251 cm³/mol. The third kappa shape index (κ3) is 6.02. The maximum atomic E-state index is 5.10. The Bertz CT molecular complexity index is 3550. The van der Waals surface area contributed by atoms with Crippen molar-refractivity contribution in [3.63, 3.8) is 0 Å². The van der Waals surface area contributed by atoms with Gasteiger partial charge in [0.25, 0.3) is 0 Å². The van der Waals surface area contributed by atoms with Gasteiger partial charge in [-0.15, -0.1) is 34.0 Å². The molecule has 59 heavy (non-hydrogen) atoms. The zero-order chi connectivity index (χ0) is 38.9. The van der Waals surface area contributed by atoms with Gasteiger partial charge in [-0.2, -0.15) is 0 Å². The molecule has 0 unspecified atom stereocenters. The van der Waals surface area contributed by atoms with E-state index in [4.69, 9.17) is 19.9 Å². The van der Waals surface area contributed by atoms with Crippen LogP contribution < -0.4 is 0 Å². The van der Waals surface area contributed by atoms with Gasteiger partial charge in [0, 0.05) is 62.6 Å². The average Bonchev–Trinajstić information content (AvgIpc) is 4.02. The minimum atomic E-state index is 0.648. The van der Waals surface area contributed by atoms with Crippen molar-refractivity contribution in [3.05, 3.63) is 182 Å². The Kier molecular flexibility index (Phi) is 8.04. The van der Waals surface area contributed by atoms with Gasteiger partial charge in [0.2, 0.25) is 0 Å². The first kappa shape index (κ1) is 34.2. The summed E-state index contributed by atoms with van der Waals surface area (Å²) in [6.07, 6.45) is 0. The first-order valence-electron chi connectivity index (χ1n) is 19.4. The van der Waals surface area contributed by atoms with E-state index >= 15 is 0 Å². The van der Waals surface area contributed by atoms with Crippen LogP contribution in [0.3, 0.4) is 0 Å². The topological polar surface area (TPSA) is 51.6 Å². The molecule has 0 aliphatic rings. The average molecular weight is 807 g/mol. The second kappa shape index (κ2) is 13.9. The van der Waals surface area contributed by atoms with Crippen molar-refractivity contribution in [2.45, 2.75) is 0 Å². The lowest BCUT2D eigenvalue weighted by molar-refractivity contribution is 1.07. The molecule has 0 fully saturated rings. The lowest BCUT2D eigenvalue weighted by Crippen LogP contribution is -2.00. The van der Waals surface area contributed by atoms with E-state index in [2.05, 4.69) is 164 Å². The van der Waals surface area contributed by atoms with Crippen molar-refractivity contribution in [1.82, 2.24) is 19.9 Å². The van der Waals surface area contributed by atoms with E-state index in [1.165, 1.54) is 61.7 Å².